The first kappa shape index (κ1) is 13.8. The summed E-state index contributed by atoms with van der Waals surface area (Å²) in [7, 11) is -3.66. The smallest absolute Gasteiger partial charge is 0.228 e. The van der Waals surface area contributed by atoms with Gasteiger partial charge in [-0.3, -0.25) is 0 Å². The molecule has 1 aromatic rings. The van der Waals surface area contributed by atoms with Crippen LogP contribution in [-0.2, 0) is 9.84 Å². The molecule has 0 radical (unpaired) electrons. The molecule has 0 spiro atoms. The van der Waals surface area contributed by atoms with Crippen LogP contribution in [0.2, 0.25) is 0 Å². The van der Waals surface area contributed by atoms with Gasteiger partial charge in [0.1, 0.15) is 6.10 Å². The van der Waals surface area contributed by atoms with Crippen molar-refractivity contribution in [3.63, 3.8) is 0 Å². The van der Waals surface area contributed by atoms with E-state index in [1.54, 1.807) is 12.1 Å². The van der Waals surface area contributed by atoms with Gasteiger partial charge in [0.25, 0.3) is 0 Å². The summed E-state index contributed by atoms with van der Waals surface area (Å²) in [6.45, 7) is 0. The van der Waals surface area contributed by atoms with Crippen molar-refractivity contribution in [1.82, 2.24) is 0 Å². The molecule has 0 aliphatic rings. The van der Waals surface area contributed by atoms with Crippen molar-refractivity contribution >= 4 is 43.1 Å². The first-order valence-electron chi connectivity index (χ1n) is 4.27. The normalized spacial score (nSPS) is 17.8. The molecule has 90 valence electrons. The topological polar surface area (TPSA) is 80.4 Å². The Morgan fingerprint density at radius 3 is 2.25 bits per heavy atom. The predicted molar refractivity (Wildman–Crippen MR) is 68.2 cm³/mol. The highest BCUT2D eigenvalue weighted by Gasteiger charge is 2.44. The maximum absolute atomic E-state index is 11.4. The molecule has 3 N–H and O–H groups in total. The number of halogens is 2. The van der Waals surface area contributed by atoms with Gasteiger partial charge in [0.2, 0.25) is 3.12 Å². The van der Waals surface area contributed by atoms with E-state index in [9.17, 15) is 13.5 Å². The second kappa shape index (κ2) is 4.52. The molecule has 0 amide bonds. The second-order valence-electron chi connectivity index (χ2n) is 3.40. The van der Waals surface area contributed by atoms with Gasteiger partial charge >= 0.3 is 0 Å². The van der Waals surface area contributed by atoms with Gasteiger partial charge in [0, 0.05) is 11.9 Å². The maximum atomic E-state index is 11.4. The third-order valence-electron chi connectivity index (χ3n) is 2.06. The van der Waals surface area contributed by atoms with Crippen LogP contribution in [0.1, 0.15) is 11.7 Å². The largest absolute Gasteiger partial charge is 0.399 e. The fourth-order valence-electron chi connectivity index (χ4n) is 1.08. The van der Waals surface area contributed by atoms with Crippen molar-refractivity contribution in [2.24, 2.45) is 0 Å². The van der Waals surface area contributed by atoms with Gasteiger partial charge in [-0.25, -0.2) is 8.42 Å². The minimum absolute atomic E-state index is 0.367. The molecule has 4 nitrogen and oxygen atoms in total. The van der Waals surface area contributed by atoms with Gasteiger partial charge in [-0.1, -0.05) is 23.7 Å². The number of benzene rings is 1. The van der Waals surface area contributed by atoms with Crippen molar-refractivity contribution < 1.29 is 13.5 Å². The fraction of sp³-hybridized carbons (Fsp3) is 0.333. The summed E-state index contributed by atoms with van der Waals surface area (Å²) in [5.74, 6) is 0. The molecule has 0 saturated carbocycles. The summed E-state index contributed by atoms with van der Waals surface area (Å²) in [4.78, 5) is 0. The number of aliphatic hydroxyl groups excluding tert-OH is 1. The predicted octanol–water partition coefficient (Wildman–Crippen LogP) is 1.63. The van der Waals surface area contributed by atoms with E-state index < -0.39 is 19.1 Å². The third kappa shape index (κ3) is 2.68. The van der Waals surface area contributed by atoms with Gasteiger partial charge in [-0.15, -0.1) is 0 Å². The number of alkyl halides is 2. The molecular weight excluding hydrogens is 318 g/mol. The Morgan fingerprint density at radius 1 is 1.44 bits per heavy atom. The standard InChI is InChI=1S/C9H11BrClNO3S/c1-16(14,15)9(10,11)8(13)6-2-4-7(12)5-3-6/h2-5,8,13H,12H2,1H3/t8-,9-/m1/s1. The summed E-state index contributed by atoms with van der Waals surface area (Å²) in [6, 6.07) is 6.15. The lowest BCUT2D eigenvalue weighted by Gasteiger charge is -2.24. The Kier molecular flexibility index (Phi) is 3.89. The Labute approximate surface area is 107 Å². The molecule has 2 atom stereocenters. The lowest BCUT2D eigenvalue weighted by Crippen LogP contribution is -2.32. The molecule has 1 aromatic carbocycles. The first-order chi connectivity index (χ1) is 7.16. The molecule has 7 heteroatoms. The minimum Gasteiger partial charge on any atom is -0.399 e. The molecule has 16 heavy (non-hydrogen) atoms. The molecule has 0 aliphatic carbocycles. The van der Waals surface area contributed by atoms with Crippen molar-refractivity contribution in [1.29, 1.82) is 0 Å². The molecule has 0 bridgehead atoms. The number of anilines is 1. The van der Waals surface area contributed by atoms with Crippen LogP contribution in [0.5, 0.6) is 0 Å². The summed E-state index contributed by atoms with van der Waals surface area (Å²) in [5, 5.41) is 9.88. The van der Waals surface area contributed by atoms with Gasteiger partial charge in [0.15, 0.2) is 9.84 Å². The number of hydrogen-bond acceptors (Lipinski definition) is 4. The van der Waals surface area contributed by atoms with Crippen LogP contribution in [0.4, 0.5) is 5.69 Å². The second-order valence-corrected chi connectivity index (χ2v) is 8.64. The molecule has 0 unspecified atom stereocenters. The summed E-state index contributed by atoms with van der Waals surface area (Å²) in [5.41, 5.74) is 6.36. The number of aliphatic hydroxyl groups is 1. The van der Waals surface area contributed by atoms with Crippen molar-refractivity contribution in [2.75, 3.05) is 12.0 Å². The van der Waals surface area contributed by atoms with Crippen molar-refractivity contribution in [2.45, 2.75) is 9.22 Å². The van der Waals surface area contributed by atoms with E-state index in [0.29, 0.717) is 11.3 Å². The highest BCUT2D eigenvalue weighted by molar-refractivity contribution is 9.12. The Hall–Kier alpha value is -0.300. The lowest BCUT2D eigenvalue weighted by molar-refractivity contribution is 0.185. The highest BCUT2D eigenvalue weighted by Crippen LogP contribution is 2.42. The highest BCUT2D eigenvalue weighted by atomic mass is 79.9. The molecule has 0 aliphatic heterocycles. The van der Waals surface area contributed by atoms with Crippen molar-refractivity contribution in [3.8, 4) is 0 Å². The Balaban J connectivity index is 3.12. The zero-order valence-corrected chi connectivity index (χ0v) is 11.6. The van der Waals surface area contributed by atoms with Crippen LogP contribution in [0.15, 0.2) is 24.3 Å². The van der Waals surface area contributed by atoms with Crippen LogP contribution in [0.25, 0.3) is 0 Å². The van der Waals surface area contributed by atoms with Gasteiger partial charge in [-0.05, 0) is 33.6 Å². The summed E-state index contributed by atoms with van der Waals surface area (Å²) >= 11 is 8.60. The average molecular weight is 329 g/mol. The van der Waals surface area contributed by atoms with E-state index in [-0.39, 0.29) is 0 Å². The SMILES string of the molecule is CS(=O)(=O)[C@@](Cl)(Br)[C@H](O)c1ccc(N)cc1. The third-order valence-corrected chi connectivity index (χ3v) is 6.52. The molecule has 1 rings (SSSR count). The van der Waals surface area contributed by atoms with Gasteiger partial charge < -0.3 is 10.8 Å². The monoisotopic (exact) mass is 327 g/mol. The van der Waals surface area contributed by atoms with E-state index in [1.807, 2.05) is 0 Å². The first-order valence-corrected chi connectivity index (χ1v) is 7.33. The molecular formula is C9H11BrClNO3S. The molecule has 0 aromatic heterocycles. The van der Waals surface area contributed by atoms with Crippen LogP contribution >= 0.6 is 27.5 Å². The number of sulfone groups is 1. The quantitative estimate of drug-likeness (QED) is 0.653. The minimum atomic E-state index is -3.66. The average Bonchev–Trinajstić information content (AvgIpc) is 2.16. The fourth-order valence-corrected chi connectivity index (χ4v) is 2.01. The maximum Gasteiger partial charge on any atom is 0.228 e. The van der Waals surface area contributed by atoms with E-state index in [4.69, 9.17) is 17.3 Å². The van der Waals surface area contributed by atoms with Crippen LogP contribution < -0.4 is 5.73 Å². The van der Waals surface area contributed by atoms with Gasteiger partial charge in [-0.2, -0.15) is 0 Å². The zero-order chi connectivity index (χ0) is 12.6. The number of nitrogen functional groups attached to an aromatic ring is 1. The number of hydrogen-bond donors (Lipinski definition) is 2. The lowest BCUT2D eigenvalue weighted by atomic mass is 10.1. The van der Waals surface area contributed by atoms with E-state index in [2.05, 4.69) is 15.9 Å². The number of rotatable bonds is 3. The zero-order valence-electron chi connectivity index (χ0n) is 8.39. The van der Waals surface area contributed by atoms with E-state index in [1.165, 1.54) is 12.1 Å². The van der Waals surface area contributed by atoms with Gasteiger partial charge in [0.05, 0.1) is 0 Å². The summed E-state index contributed by atoms with van der Waals surface area (Å²) in [6.07, 6.45) is -0.445. The van der Waals surface area contributed by atoms with E-state index >= 15 is 0 Å². The molecule has 0 saturated heterocycles. The number of nitrogens with two attached hydrogens (primary N) is 1. The molecule has 0 heterocycles. The Morgan fingerprint density at radius 2 is 1.88 bits per heavy atom. The van der Waals surface area contributed by atoms with Crippen LogP contribution in [-0.4, -0.2) is 22.9 Å². The molecule has 0 fully saturated rings. The van der Waals surface area contributed by atoms with Crippen LogP contribution in [0.3, 0.4) is 0 Å². The van der Waals surface area contributed by atoms with Crippen LogP contribution in [0, 0.1) is 0 Å². The summed E-state index contributed by atoms with van der Waals surface area (Å²) < 4.78 is 20.8. The Bertz CT molecular complexity index is 472. The van der Waals surface area contributed by atoms with Crippen molar-refractivity contribution in [3.05, 3.63) is 29.8 Å². The van der Waals surface area contributed by atoms with E-state index in [0.717, 1.165) is 6.26 Å².